The lowest BCUT2D eigenvalue weighted by Gasteiger charge is -2.28. The molecule has 0 fully saturated rings. The third-order valence-corrected chi connectivity index (χ3v) is 6.89. The van der Waals surface area contributed by atoms with Gasteiger partial charge in [0.1, 0.15) is 4.91 Å². The molecule has 1 heterocycles. The molecule has 0 amide bonds. The first-order chi connectivity index (χ1) is 15.4. The van der Waals surface area contributed by atoms with Crippen LogP contribution in [0, 0.1) is 11.3 Å². The van der Waals surface area contributed by atoms with Gasteiger partial charge in [0.2, 0.25) is 15.6 Å². The Labute approximate surface area is 185 Å². The maximum Gasteiger partial charge on any atom is 0.214 e. The molecule has 0 saturated carbocycles. The maximum atomic E-state index is 13.4. The summed E-state index contributed by atoms with van der Waals surface area (Å²) in [5.41, 5.74) is 1.65. The number of methoxy groups -OCH3 is 2. The molecule has 3 aromatic rings. The molecule has 0 aliphatic carbocycles. The van der Waals surface area contributed by atoms with Crippen molar-refractivity contribution in [2.45, 2.75) is 4.90 Å². The molecule has 160 valence electrons. The van der Waals surface area contributed by atoms with Crippen LogP contribution in [0.4, 0.5) is 11.4 Å². The second-order valence-corrected chi connectivity index (χ2v) is 8.78. The van der Waals surface area contributed by atoms with Crippen LogP contribution in [0.3, 0.4) is 0 Å². The molecule has 1 aliphatic heterocycles. The Morgan fingerprint density at radius 2 is 1.62 bits per heavy atom. The molecule has 0 unspecified atom stereocenters. The van der Waals surface area contributed by atoms with Gasteiger partial charge >= 0.3 is 0 Å². The summed E-state index contributed by atoms with van der Waals surface area (Å²) in [5.74, 6) is 0.0738. The van der Waals surface area contributed by atoms with Gasteiger partial charge < -0.3 is 14.4 Å². The van der Waals surface area contributed by atoms with E-state index in [-0.39, 0.29) is 15.4 Å². The van der Waals surface area contributed by atoms with Crippen molar-refractivity contribution < 1.29 is 22.7 Å². The molecule has 0 radical (unpaired) electrons. The Morgan fingerprint density at radius 3 is 2.28 bits per heavy atom. The van der Waals surface area contributed by atoms with E-state index in [0.29, 0.717) is 28.4 Å². The van der Waals surface area contributed by atoms with Gasteiger partial charge in [-0.15, -0.1) is 0 Å². The van der Waals surface area contributed by atoms with Gasteiger partial charge in [-0.1, -0.05) is 12.1 Å². The fraction of sp³-hybridized carbons (Fsp3) is 0.0833. The molecule has 0 saturated heterocycles. The first kappa shape index (κ1) is 21.2. The zero-order valence-corrected chi connectivity index (χ0v) is 18.1. The minimum atomic E-state index is -4.07. The summed E-state index contributed by atoms with van der Waals surface area (Å²) in [6.07, 6.45) is 1.32. The smallest absolute Gasteiger partial charge is 0.214 e. The number of hydrogen-bond acceptors (Lipinski definition) is 7. The van der Waals surface area contributed by atoms with Crippen molar-refractivity contribution in [3.8, 4) is 17.6 Å². The topological polar surface area (TPSA) is 96.7 Å². The number of para-hydroxylation sites is 1. The van der Waals surface area contributed by atoms with Crippen molar-refractivity contribution in [3.05, 3.63) is 89.0 Å². The number of rotatable bonds is 5. The second-order valence-electron chi connectivity index (χ2n) is 6.89. The van der Waals surface area contributed by atoms with E-state index in [1.807, 2.05) is 0 Å². The van der Waals surface area contributed by atoms with Crippen LogP contribution in [0.15, 0.2) is 82.7 Å². The van der Waals surface area contributed by atoms with Crippen LogP contribution in [0.1, 0.15) is 15.9 Å². The largest absolute Gasteiger partial charge is 0.493 e. The van der Waals surface area contributed by atoms with Crippen LogP contribution in [0.2, 0.25) is 0 Å². The number of ketones is 1. The maximum absolute atomic E-state index is 13.4. The Kier molecular flexibility index (Phi) is 5.43. The van der Waals surface area contributed by atoms with Crippen molar-refractivity contribution in [1.29, 1.82) is 5.26 Å². The molecule has 0 aromatic heterocycles. The van der Waals surface area contributed by atoms with E-state index in [1.54, 1.807) is 53.4 Å². The van der Waals surface area contributed by atoms with Gasteiger partial charge in [0.25, 0.3) is 0 Å². The molecular formula is C24H18N2O5S. The fourth-order valence-corrected chi connectivity index (χ4v) is 5.01. The number of ether oxygens (including phenoxy) is 2. The van der Waals surface area contributed by atoms with Crippen LogP contribution in [-0.4, -0.2) is 28.4 Å². The van der Waals surface area contributed by atoms with Gasteiger partial charge in [0.15, 0.2) is 11.5 Å². The van der Waals surface area contributed by atoms with Crippen molar-refractivity contribution in [2.24, 2.45) is 0 Å². The highest BCUT2D eigenvalue weighted by molar-refractivity contribution is 7.96. The summed E-state index contributed by atoms with van der Waals surface area (Å²) in [4.78, 5) is 14.6. The first-order valence-corrected chi connectivity index (χ1v) is 11.0. The normalized spacial score (nSPS) is 14.0. The number of hydrogen-bond donors (Lipinski definition) is 0. The molecule has 0 N–H and O–H groups in total. The Balaban J connectivity index is 1.88. The fourth-order valence-electron chi connectivity index (χ4n) is 3.47. The Bertz CT molecular complexity index is 1390. The number of nitrogens with zero attached hydrogens (tertiary/aromatic N) is 2. The van der Waals surface area contributed by atoms with Crippen molar-refractivity contribution in [3.63, 3.8) is 0 Å². The van der Waals surface area contributed by atoms with Crippen molar-refractivity contribution >= 4 is 27.0 Å². The average Bonchev–Trinajstić information content (AvgIpc) is 2.83. The van der Waals surface area contributed by atoms with Crippen LogP contribution in [-0.2, 0) is 9.84 Å². The number of nitriles is 1. The lowest BCUT2D eigenvalue weighted by molar-refractivity contribution is 0.104. The summed E-state index contributed by atoms with van der Waals surface area (Å²) in [7, 11) is -1.17. The van der Waals surface area contributed by atoms with Crippen LogP contribution in [0.25, 0.3) is 0 Å². The van der Waals surface area contributed by atoms with E-state index in [4.69, 9.17) is 14.7 Å². The molecule has 0 atom stereocenters. The summed E-state index contributed by atoms with van der Waals surface area (Å²) in [6.45, 7) is 0. The van der Waals surface area contributed by atoms with Crippen LogP contribution >= 0.6 is 0 Å². The Morgan fingerprint density at radius 1 is 0.938 bits per heavy atom. The number of anilines is 2. The predicted molar refractivity (Wildman–Crippen MR) is 119 cm³/mol. The minimum Gasteiger partial charge on any atom is -0.493 e. The summed E-state index contributed by atoms with van der Waals surface area (Å²) < 4.78 is 37.2. The molecule has 0 spiro atoms. The SMILES string of the molecule is COc1ccc(C(=O)C2=CN(c3ccc(C#N)cc3)c3ccccc3S2(=O)=O)cc1OC. The number of carbonyl (C=O) groups is 1. The van der Waals surface area contributed by atoms with Gasteiger partial charge in [0, 0.05) is 17.5 Å². The number of sulfone groups is 1. The zero-order valence-electron chi connectivity index (χ0n) is 17.3. The molecule has 3 aromatic carbocycles. The minimum absolute atomic E-state index is 0.0238. The molecule has 8 heteroatoms. The van der Waals surface area contributed by atoms with Gasteiger partial charge in [-0.25, -0.2) is 8.42 Å². The highest BCUT2D eigenvalue weighted by Crippen LogP contribution is 2.40. The molecular weight excluding hydrogens is 428 g/mol. The quantitative estimate of drug-likeness (QED) is 0.541. The monoisotopic (exact) mass is 446 g/mol. The number of carbonyl (C=O) groups excluding carboxylic acids is 1. The summed E-state index contributed by atoms with van der Waals surface area (Å²) in [6, 6.07) is 19.7. The summed E-state index contributed by atoms with van der Waals surface area (Å²) in [5, 5.41) is 9.07. The number of benzene rings is 3. The third kappa shape index (κ3) is 3.49. The van der Waals surface area contributed by atoms with Gasteiger partial charge in [-0.3, -0.25) is 4.79 Å². The number of allylic oxidation sites excluding steroid dienone is 1. The Hall–Kier alpha value is -4.09. The average molecular weight is 446 g/mol. The third-order valence-electron chi connectivity index (χ3n) is 5.09. The molecule has 0 bridgehead atoms. The highest BCUT2D eigenvalue weighted by Gasteiger charge is 2.36. The highest BCUT2D eigenvalue weighted by atomic mass is 32.2. The molecule has 4 rings (SSSR count). The van der Waals surface area contributed by atoms with Gasteiger partial charge in [-0.05, 0) is 54.6 Å². The molecule has 1 aliphatic rings. The lowest BCUT2D eigenvalue weighted by atomic mass is 10.1. The predicted octanol–water partition coefficient (Wildman–Crippen LogP) is 4.23. The van der Waals surface area contributed by atoms with E-state index >= 15 is 0 Å². The van der Waals surface area contributed by atoms with Gasteiger partial charge in [-0.2, -0.15) is 5.26 Å². The van der Waals surface area contributed by atoms with E-state index in [2.05, 4.69) is 6.07 Å². The van der Waals surface area contributed by atoms with Gasteiger partial charge in [0.05, 0.1) is 36.4 Å². The molecule has 7 nitrogen and oxygen atoms in total. The molecule has 32 heavy (non-hydrogen) atoms. The first-order valence-electron chi connectivity index (χ1n) is 9.52. The zero-order chi connectivity index (χ0) is 22.9. The number of fused-ring (bicyclic) bond motifs is 1. The summed E-state index contributed by atoms with van der Waals surface area (Å²) >= 11 is 0. The van der Waals surface area contributed by atoms with Crippen molar-refractivity contribution in [1.82, 2.24) is 0 Å². The van der Waals surface area contributed by atoms with E-state index < -0.39 is 15.6 Å². The van der Waals surface area contributed by atoms with E-state index in [9.17, 15) is 13.2 Å². The number of Topliss-reactive ketones (excluding diaryl/α,β-unsaturated/α-hetero) is 1. The van der Waals surface area contributed by atoms with Crippen molar-refractivity contribution in [2.75, 3.05) is 19.1 Å². The van der Waals surface area contributed by atoms with E-state index in [1.165, 1.54) is 38.6 Å². The lowest BCUT2D eigenvalue weighted by Crippen LogP contribution is -2.25. The second kappa shape index (κ2) is 8.21. The van der Waals surface area contributed by atoms with Crippen LogP contribution < -0.4 is 14.4 Å². The van der Waals surface area contributed by atoms with Crippen LogP contribution in [0.5, 0.6) is 11.5 Å². The van der Waals surface area contributed by atoms with E-state index in [0.717, 1.165) is 0 Å². The standard InChI is InChI=1S/C24H18N2O5S/c1-30-20-12-9-17(13-21(20)31-2)24(27)23-15-26(18-10-7-16(14-25)8-11-18)19-5-3-4-6-22(19)32(23,28)29/h3-13,15H,1-2H3.